The maximum absolute atomic E-state index is 12.1. The molecule has 0 spiro atoms. The molecule has 8 heteroatoms. The van der Waals surface area contributed by atoms with Crippen LogP contribution in [0.5, 0.6) is 0 Å². The summed E-state index contributed by atoms with van der Waals surface area (Å²) in [6.07, 6.45) is 1.70. The van der Waals surface area contributed by atoms with E-state index in [1.54, 1.807) is 10.7 Å². The van der Waals surface area contributed by atoms with E-state index in [0.717, 1.165) is 34.0 Å². The van der Waals surface area contributed by atoms with Crippen molar-refractivity contribution in [2.45, 2.75) is 13.8 Å². The Balaban J connectivity index is 0.000000281. The molecule has 3 N–H and O–H groups in total. The van der Waals surface area contributed by atoms with Gasteiger partial charge in [-0.1, -0.05) is 38.1 Å². The summed E-state index contributed by atoms with van der Waals surface area (Å²) in [6, 6.07) is 15.3. The normalized spacial score (nSPS) is 10.2. The molecule has 25 heavy (non-hydrogen) atoms. The number of aromatic nitrogens is 3. The van der Waals surface area contributed by atoms with E-state index in [1.807, 2.05) is 62.4 Å². The summed E-state index contributed by atoms with van der Waals surface area (Å²) in [5.41, 5.74) is 3.03. The molecule has 0 unspecified atom stereocenters. The van der Waals surface area contributed by atoms with Crippen LogP contribution in [0.25, 0.3) is 27.6 Å². The third-order valence-electron chi connectivity index (χ3n) is 3.28. The second kappa shape index (κ2) is 9.19. The molecular formula is C17H20N4O3S. The Bertz CT molecular complexity index is 1010. The van der Waals surface area contributed by atoms with E-state index in [0.29, 0.717) is 5.65 Å². The van der Waals surface area contributed by atoms with Crippen molar-refractivity contribution < 1.29 is 9.32 Å². The van der Waals surface area contributed by atoms with E-state index in [2.05, 4.69) is 25.2 Å². The Morgan fingerprint density at radius 2 is 1.80 bits per heavy atom. The van der Waals surface area contributed by atoms with Gasteiger partial charge in [0.15, 0.2) is 5.65 Å². The topological polar surface area (TPSA) is 94.6 Å². The minimum absolute atomic E-state index is 0.155. The first-order valence-corrected chi connectivity index (χ1v) is 8.85. The molecule has 0 radical (unpaired) electrons. The molecule has 2 aromatic carbocycles. The molecule has 0 saturated carbocycles. The van der Waals surface area contributed by atoms with Crippen molar-refractivity contribution in [2.24, 2.45) is 5.90 Å². The van der Waals surface area contributed by atoms with E-state index in [4.69, 9.17) is 0 Å². The quantitative estimate of drug-likeness (QED) is 0.323. The Labute approximate surface area is 148 Å². The molecule has 4 rings (SSSR count). The monoisotopic (exact) mass is 360 g/mol. The first-order valence-electron chi connectivity index (χ1n) is 7.70. The molecule has 0 saturated heterocycles. The predicted octanol–water partition coefficient (Wildman–Crippen LogP) is 3.44. The summed E-state index contributed by atoms with van der Waals surface area (Å²) in [5, 5.41) is 0.952. The third-order valence-corrected chi connectivity index (χ3v) is 3.50. The maximum atomic E-state index is 12.1. The van der Waals surface area contributed by atoms with Gasteiger partial charge in [-0.2, -0.15) is 5.90 Å². The highest BCUT2D eigenvalue weighted by molar-refractivity contribution is 7.93. The van der Waals surface area contributed by atoms with Crippen molar-refractivity contribution in [1.82, 2.24) is 14.4 Å². The summed E-state index contributed by atoms with van der Waals surface area (Å²) in [5.74, 6) is 4.40. The van der Waals surface area contributed by atoms with Crippen LogP contribution in [-0.4, -0.2) is 20.6 Å². The fourth-order valence-corrected chi connectivity index (χ4v) is 2.49. The van der Waals surface area contributed by atoms with Gasteiger partial charge >= 0.3 is 5.69 Å². The van der Waals surface area contributed by atoms with Crippen molar-refractivity contribution in [3.8, 4) is 0 Å². The van der Waals surface area contributed by atoms with Gasteiger partial charge in [-0.05, 0) is 24.3 Å². The summed E-state index contributed by atoms with van der Waals surface area (Å²) in [6.45, 7) is 4.00. The molecule has 0 amide bonds. The van der Waals surface area contributed by atoms with E-state index in [9.17, 15) is 4.79 Å². The van der Waals surface area contributed by atoms with Crippen LogP contribution in [0.1, 0.15) is 13.8 Å². The van der Waals surface area contributed by atoms with Crippen molar-refractivity contribution in [3.05, 3.63) is 59.0 Å². The van der Waals surface area contributed by atoms with Gasteiger partial charge in [0.2, 0.25) is 0 Å². The average molecular weight is 360 g/mol. The van der Waals surface area contributed by atoms with E-state index >= 15 is 0 Å². The molecule has 0 aliphatic rings. The second-order valence-corrected chi connectivity index (χ2v) is 5.04. The van der Waals surface area contributed by atoms with Crippen LogP contribution in [-0.2, 0) is 9.32 Å². The molecule has 4 aromatic rings. The van der Waals surface area contributed by atoms with E-state index in [-0.39, 0.29) is 5.69 Å². The molecule has 2 aromatic heterocycles. The van der Waals surface area contributed by atoms with Crippen molar-refractivity contribution in [1.29, 1.82) is 0 Å². The number of imidazole rings is 1. The smallest absolute Gasteiger partial charge is 0.306 e. The number of nitrogens with one attached hydrogen (secondary N) is 1. The van der Waals surface area contributed by atoms with Crippen LogP contribution >= 0.6 is 12.0 Å². The van der Waals surface area contributed by atoms with Gasteiger partial charge in [0.25, 0.3) is 0 Å². The lowest BCUT2D eigenvalue weighted by molar-refractivity contribution is -0.194. The van der Waals surface area contributed by atoms with Gasteiger partial charge < -0.3 is 4.98 Å². The first kappa shape index (κ1) is 18.9. The lowest BCUT2D eigenvalue weighted by Crippen LogP contribution is -2.15. The van der Waals surface area contributed by atoms with Gasteiger partial charge in [0, 0.05) is 23.7 Å². The fourth-order valence-electron chi connectivity index (χ4n) is 2.41. The molecule has 2 heterocycles. The lowest BCUT2D eigenvalue weighted by Gasteiger charge is -1.99. The number of H-pyrrole nitrogens is 1. The molecule has 0 atom stereocenters. The van der Waals surface area contributed by atoms with Crippen LogP contribution in [0.3, 0.4) is 0 Å². The number of rotatable bonds is 2. The number of aromatic amines is 1. The molecule has 0 aliphatic carbocycles. The van der Waals surface area contributed by atoms with Gasteiger partial charge in [-0.15, -0.1) is 9.32 Å². The highest BCUT2D eigenvalue weighted by Crippen LogP contribution is 2.20. The average Bonchev–Trinajstić information content (AvgIpc) is 3.05. The number of hydrogen-bond donors (Lipinski definition) is 2. The van der Waals surface area contributed by atoms with Gasteiger partial charge in [0.05, 0.1) is 16.6 Å². The molecule has 0 aliphatic heterocycles. The zero-order valence-electron chi connectivity index (χ0n) is 14.2. The number of hydrogen-bond acceptors (Lipinski definition) is 6. The summed E-state index contributed by atoms with van der Waals surface area (Å²) >= 11 is 1.05. The summed E-state index contributed by atoms with van der Waals surface area (Å²) in [7, 11) is 0. The largest absolute Gasteiger partial charge is 0.332 e. The third kappa shape index (κ3) is 3.99. The molecule has 0 bridgehead atoms. The zero-order chi connectivity index (χ0) is 18.2. The van der Waals surface area contributed by atoms with Gasteiger partial charge in [0.1, 0.15) is 0 Å². The second-order valence-electron chi connectivity index (χ2n) is 4.57. The lowest BCUT2D eigenvalue weighted by atomic mass is 10.2. The van der Waals surface area contributed by atoms with Crippen molar-refractivity contribution in [3.63, 3.8) is 0 Å². The van der Waals surface area contributed by atoms with E-state index < -0.39 is 0 Å². The Hall–Kier alpha value is -2.39. The molecule has 0 fully saturated rings. The number of nitrogens with two attached hydrogens (primary N) is 1. The number of nitrogens with zero attached hydrogens (tertiary/aromatic N) is 2. The van der Waals surface area contributed by atoms with E-state index in [1.165, 1.54) is 0 Å². The minimum Gasteiger partial charge on any atom is -0.306 e. The SMILES string of the molecule is CC.CSOON.O=c1[nH]c2ccccc2c2nc3ccccc3n12. The number of benzene rings is 2. The van der Waals surface area contributed by atoms with Crippen molar-refractivity contribution in [2.75, 3.05) is 6.26 Å². The molecular weight excluding hydrogens is 340 g/mol. The fraction of sp³-hybridized carbons (Fsp3) is 0.176. The molecule has 7 nitrogen and oxygen atoms in total. The summed E-state index contributed by atoms with van der Waals surface area (Å²) < 4.78 is 5.65. The molecule has 132 valence electrons. The minimum atomic E-state index is -0.155. The Morgan fingerprint density at radius 3 is 2.48 bits per heavy atom. The standard InChI is InChI=1S/C14H9N3O.C2H6.CH5NO2S/c18-14-16-10-6-2-1-5-9(10)13-15-11-7-3-4-8-12(11)17(13)14;1-2;1-5-4-3-2/h1-8H,(H,16,18);1-2H3;2H2,1H3. The highest BCUT2D eigenvalue weighted by atomic mass is 32.2. The van der Waals surface area contributed by atoms with Crippen LogP contribution in [0, 0.1) is 0 Å². The predicted molar refractivity (Wildman–Crippen MR) is 102 cm³/mol. The van der Waals surface area contributed by atoms with Crippen molar-refractivity contribution >= 4 is 39.6 Å². The number of para-hydroxylation sites is 3. The first-order chi connectivity index (χ1) is 12.3. The van der Waals surface area contributed by atoms with Gasteiger partial charge in [-0.3, -0.25) is 0 Å². The Morgan fingerprint density at radius 1 is 1.12 bits per heavy atom. The van der Waals surface area contributed by atoms with Crippen LogP contribution in [0.4, 0.5) is 0 Å². The number of fused-ring (bicyclic) bond motifs is 5. The summed E-state index contributed by atoms with van der Waals surface area (Å²) in [4.78, 5) is 23.2. The zero-order valence-corrected chi connectivity index (χ0v) is 15.0. The van der Waals surface area contributed by atoms with Crippen LogP contribution in [0.15, 0.2) is 53.3 Å². The maximum Gasteiger partial charge on any atom is 0.332 e. The van der Waals surface area contributed by atoms with Gasteiger partial charge in [-0.25, -0.2) is 14.2 Å². The van der Waals surface area contributed by atoms with Crippen LogP contribution in [0.2, 0.25) is 0 Å². The highest BCUT2D eigenvalue weighted by Gasteiger charge is 2.09. The Kier molecular flexibility index (Phi) is 6.96. The van der Waals surface area contributed by atoms with Crippen LogP contribution < -0.4 is 11.6 Å².